The number of anilines is 1. The molecule has 21 heavy (non-hydrogen) atoms. The first-order chi connectivity index (χ1) is 10.0. The molecule has 0 spiro atoms. The van der Waals surface area contributed by atoms with Crippen LogP contribution in [0.15, 0.2) is 12.3 Å². The summed E-state index contributed by atoms with van der Waals surface area (Å²) >= 11 is 6.19. The number of hydrogen-bond donors (Lipinski definition) is 1. The van der Waals surface area contributed by atoms with E-state index in [9.17, 15) is 4.79 Å². The van der Waals surface area contributed by atoms with Crippen LogP contribution < -0.4 is 5.32 Å². The van der Waals surface area contributed by atoms with Crippen molar-refractivity contribution in [2.45, 2.75) is 46.1 Å². The number of pyridine rings is 1. The van der Waals surface area contributed by atoms with Crippen LogP contribution in [0.3, 0.4) is 0 Å². The molecule has 1 aromatic rings. The summed E-state index contributed by atoms with van der Waals surface area (Å²) in [6.07, 6.45) is 4.80. The molecule has 2 atom stereocenters. The summed E-state index contributed by atoms with van der Waals surface area (Å²) in [7, 11) is 0. The molecule has 1 aromatic heterocycles. The van der Waals surface area contributed by atoms with Gasteiger partial charge in [0.15, 0.2) is 0 Å². The molecular formula is C16H24ClN3O. The van der Waals surface area contributed by atoms with Crippen LogP contribution >= 0.6 is 11.6 Å². The molecule has 4 nitrogen and oxygen atoms in total. The monoisotopic (exact) mass is 309 g/mol. The van der Waals surface area contributed by atoms with Crippen molar-refractivity contribution in [1.82, 2.24) is 9.88 Å². The first-order valence-electron chi connectivity index (χ1n) is 7.75. The van der Waals surface area contributed by atoms with Gasteiger partial charge in [0.05, 0.1) is 10.6 Å². The van der Waals surface area contributed by atoms with Gasteiger partial charge in [0.1, 0.15) is 5.82 Å². The minimum Gasteiger partial charge on any atom is -0.370 e. The highest BCUT2D eigenvalue weighted by atomic mass is 35.5. The van der Waals surface area contributed by atoms with Crippen LogP contribution in [-0.2, 0) is 0 Å². The quantitative estimate of drug-likeness (QED) is 0.919. The molecule has 2 heterocycles. The number of aromatic nitrogens is 1. The van der Waals surface area contributed by atoms with Crippen LogP contribution in [0.25, 0.3) is 0 Å². The predicted molar refractivity (Wildman–Crippen MR) is 86.9 cm³/mol. The number of amides is 1. The second kappa shape index (κ2) is 7.12. The molecule has 0 bridgehead atoms. The maximum atomic E-state index is 12.8. The molecule has 0 radical (unpaired) electrons. The van der Waals surface area contributed by atoms with E-state index in [2.05, 4.69) is 31.1 Å². The minimum absolute atomic E-state index is 0.0148. The molecular weight excluding hydrogens is 286 g/mol. The molecule has 2 rings (SSSR count). The Morgan fingerprint density at radius 2 is 2.29 bits per heavy atom. The second-order valence-electron chi connectivity index (χ2n) is 5.83. The Morgan fingerprint density at radius 3 is 3.00 bits per heavy atom. The van der Waals surface area contributed by atoms with Crippen molar-refractivity contribution in [3.63, 3.8) is 0 Å². The molecule has 2 unspecified atom stereocenters. The van der Waals surface area contributed by atoms with Crippen LogP contribution in [-0.4, -0.2) is 34.9 Å². The maximum Gasteiger partial charge on any atom is 0.255 e. The van der Waals surface area contributed by atoms with E-state index < -0.39 is 0 Å². The Morgan fingerprint density at radius 1 is 1.52 bits per heavy atom. The number of likely N-dealkylation sites (tertiary alicyclic amines) is 1. The van der Waals surface area contributed by atoms with Gasteiger partial charge < -0.3 is 10.2 Å². The Kier molecular flexibility index (Phi) is 5.45. The zero-order valence-corrected chi connectivity index (χ0v) is 13.8. The van der Waals surface area contributed by atoms with Gasteiger partial charge in [-0.15, -0.1) is 0 Å². The highest BCUT2D eigenvalue weighted by Gasteiger charge is 2.30. The minimum atomic E-state index is 0.0148. The van der Waals surface area contributed by atoms with Crippen LogP contribution in [0.4, 0.5) is 5.82 Å². The third kappa shape index (κ3) is 3.67. The zero-order valence-electron chi connectivity index (χ0n) is 13.0. The van der Waals surface area contributed by atoms with Crippen molar-refractivity contribution >= 4 is 23.3 Å². The smallest absolute Gasteiger partial charge is 0.255 e. The topological polar surface area (TPSA) is 45.2 Å². The van der Waals surface area contributed by atoms with Gasteiger partial charge in [0.2, 0.25) is 0 Å². The van der Waals surface area contributed by atoms with E-state index in [1.54, 1.807) is 12.3 Å². The number of nitrogens with zero attached hydrogens (tertiary/aromatic N) is 2. The summed E-state index contributed by atoms with van der Waals surface area (Å²) in [5.41, 5.74) is 0.547. The third-order valence-electron chi connectivity index (χ3n) is 4.28. The van der Waals surface area contributed by atoms with E-state index in [1.807, 2.05) is 4.90 Å². The van der Waals surface area contributed by atoms with Crippen LogP contribution in [0.5, 0.6) is 0 Å². The standard InChI is InChI=1S/C16H24ClN3O/c1-4-7-18-15-9-13(14(17)10-19-15)16(21)20-8-5-6-11(2)12(20)3/h9-12H,4-8H2,1-3H3,(H,18,19). The summed E-state index contributed by atoms with van der Waals surface area (Å²) in [6.45, 7) is 8.05. The summed E-state index contributed by atoms with van der Waals surface area (Å²) in [6, 6.07) is 2.02. The van der Waals surface area contributed by atoms with Crippen LogP contribution in [0.2, 0.25) is 5.02 Å². The molecule has 1 N–H and O–H groups in total. The van der Waals surface area contributed by atoms with Gasteiger partial charge in [0, 0.05) is 25.3 Å². The van der Waals surface area contributed by atoms with Gasteiger partial charge in [-0.1, -0.05) is 25.4 Å². The van der Waals surface area contributed by atoms with Gasteiger partial charge >= 0.3 is 0 Å². The van der Waals surface area contributed by atoms with Gasteiger partial charge in [-0.3, -0.25) is 4.79 Å². The fraction of sp³-hybridized carbons (Fsp3) is 0.625. The molecule has 1 aliphatic heterocycles. The molecule has 5 heteroatoms. The molecule has 1 aliphatic rings. The summed E-state index contributed by atoms with van der Waals surface area (Å²) in [4.78, 5) is 19.0. The van der Waals surface area contributed by atoms with E-state index >= 15 is 0 Å². The Labute approximate surface area is 131 Å². The number of nitrogens with one attached hydrogen (secondary N) is 1. The van der Waals surface area contributed by atoms with Crippen LogP contribution in [0.1, 0.15) is 50.4 Å². The van der Waals surface area contributed by atoms with Crippen molar-refractivity contribution in [1.29, 1.82) is 0 Å². The fourth-order valence-electron chi connectivity index (χ4n) is 2.73. The molecule has 0 saturated carbocycles. The maximum absolute atomic E-state index is 12.8. The Bertz CT molecular complexity index is 506. The van der Waals surface area contributed by atoms with E-state index in [0.717, 1.165) is 25.9 Å². The van der Waals surface area contributed by atoms with E-state index in [0.29, 0.717) is 22.3 Å². The van der Waals surface area contributed by atoms with Gasteiger partial charge in [-0.05, 0) is 38.2 Å². The second-order valence-corrected chi connectivity index (χ2v) is 6.24. The van der Waals surface area contributed by atoms with E-state index in [1.165, 1.54) is 6.42 Å². The number of rotatable bonds is 4. The van der Waals surface area contributed by atoms with E-state index in [-0.39, 0.29) is 11.9 Å². The molecule has 1 amide bonds. The fourth-order valence-corrected chi connectivity index (χ4v) is 2.91. The highest BCUT2D eigenvalue weighted by molar-refractivity contribution is 6.33. The lowest BCUT2D eigenvalue weighted by atomic mass is 9.91. The first kappa shape index (κ1) is 16.1. The van der Waals surface area contributed by atoms with Crippen molar-refractivity contribution in [2.24, 2.45) is 5.92 Å². The lowest BCUT2D eigenvalue weighted by molar-refractivity contribution is 0.0551. The SMILES string of the molecule is CCCNc1cc(C(=O)N2CCCC(C)C2C)c(Cl)cn1. The lowest BCUT2D eigenvalue weighted by Crippen LogP contribution is -2.46. The Hall–Kier alpha value is -1.29. The van der Waals surface area contributed by atoms with Gasteiger partial charge in [-0.2, -0.15) is 0 Å². The molecule has 0 aliphatic carbocycles. The van der Waals surface area contributed by atoms with Crippen molar-refractivity contribution in [3.05, 3.63) is 22.8 Å². The zero-order chi connectivity index (χ0) is 15.4. The third-order valence-corrected chi connectivity index (χ3v) is 4.58. The number of carbonyl (C=O) groups excluding carboxylic acids is 1. The van der Waals surface area contributed by atoms with Crippen LogP contribution in [0, 0.1) is 5.92 Å². The molecule has 1 fully saturated rings. The number of carbonyl (C=O) groups is 1. The van der Waals surface area contributed by atoms with Crippen molar-refractivity contribution in [2.75, 3.05) is 18.4 Å². The summed E-state index contributed by atoms with van der Waals surface area (Å²) < 4.78 is 0. The number of piperidine rings is 1. The highest BCUT2D eigenvalue weighted by Crippen LogP contribution is 2.27. The van der Waals surface area contributed by atoms with Crippen molar-refractivity contribution < 1.29 is 4.79 Å². The first-order valence-corrected chi connectivity index (χ1v) is 8.12. The average Bonchev–Trinajstić information content (AvgIpc) is 2.48. The molecule has 1 saturated heterocycles. The predicted octanol–water partition coefficient (Wildman–Crippen LogP) is 3.82. The normalized spacial score (nSPS) is 22.2. The molecule has 0 aromatic carbocycles. The summed E-state index contributed by atoms with van der Waals surface area (Å²) in [5.74, 6) is 1.25. The van der Waals surface area contributed by atoms with Gasteiger partial charge in [-0.25, -0.2) is 4.98 Å². The average molecular weight is 310 g/mol. The van der Waals surface area contributed by atoms with Gasteiger partial charge in [0.25, 0.3) is 5.91 Å². The lowest BCUT2D eigenvalue weighted by Gasteiger charge is -2.38. The number of halogens is 1. The molecule has 116 valence electrons. The summed E-state index contributed by atoms with van der Waals surface area (Å²) in [5, 5.41) is 3.62. The Balaban J connectivity index is 2.21. The van der Waals surface area contributed by atoms with E-state index in [4.69, 9.17) is 11.6 Å². The largest absolute Gasteiger partial charge is 0.370 e. The van der Waals surface area contributed by atoms with Crippen molar-refractivity contribution in [3.8, 4) is 0 Å². The number of hydrogen-bond acceptors (Lipinski definition) is 3.